The lowest BCUT2D eigenvalue weighted by molar-refractivity contribution is -0.122. The molecule has 6 amide bonds. The highest BCUT2D eigenvalue weighted by Crippen LogP contribution is 2.37. The van der Waals surface area contributed by atoms with Gasteiger partial charge in [-0.25, -0.2) is 0 Å². The lowest BCUT2D eigenvalue weighted by Crippen LogP contribution is -2.45. The summed E-state index contributed by atoms with van der Waals surface area (Å²) in [5, 5.41) is 9.36. The Kier molecular flexibility index (Phi) is 26.1. The molecule has 0 spiro atoms. The number of anilines is 3. The van der Waals surface area contributed by atoms with Gasteiger partial charge in [-0.15, -0.1) is 0 Å². The van der Waals surface area contributed by atoms with E-state index in [1.807, 2.05) is 160 Å². The number of ether oxygens (including phenoxy) is 3. The molecule has 1 unspecified atom stereocenters. The van der Waals surface area contributed by atoms with E-state index in [2.05, 4.69) is 79.7 Å². The van der Waals surface area contributed by atoms with E-state index in [4.69, 9.17) is 14.2 Å². The highest BCUT2D eigenvalue weighted by molar-refractivity contribution is 6.00. The fraction of sp³-hybridized carbons (Fsp3) is 0.429. The van der Waals surface area contributed by atoms with Crippen molar-refractivity contribution in [3.63, 3.8) is 0 Å². The Hall–Kier alpha value is -9.40. The molecule has 7 heterocycles. The Morgan fingerprint density at radius 1 is 0.388 bits per heavy atom. The number of benzene rings is 7. The van der Waals surface area contributed by atoms with Gasteiger partial charge in [0.2, 0.25) is 0 Å². The molecule has 103 heavy (non-hydrogen) atoms. The average molecular weight is 1400 g/mol. The zero-order valence-corrected chi connectivity index (χ0v) is 60.1. The first-order valence-corrected chi connectivity index (χ1v) is 37.6. The number of likely N-dealkylation sites (tertiary alicyclic amines) is 4. The molecule has 14 rings (SSSR count). The van der Waals surface area contributed by atoms with Crippen LogP contribution in [0.1, 0.15) is 143 Å². The number of hydrogen-bond donors (Lipinski definition) is 3. The first-order chi connectivity index (χ1) is 50.4. The summed E-state index contributed by atoms with van der Waals surface area (Å²) in [6.07, 6.45) is 10.4. The SMILES string of the molecule is CC(Cc1ccccc1)NC(=O)c1ccccc1C1CCN(CCN2C(=O)COc3ccccc32)CC1.CCCNC(=O)c1ccccc1C1CCN(CCN2C(=O)COc3ccccc32)CC1.O=C(NCCN1CCCC1)c1ccccc1C1CCN(CCN2C(=O)COc3ccccc32)CC1. The van der Waals surface area contributed by atoms with Crippen molar-refractivity contribution in [2.75, 3.05) is 146 Å². The monoisotopic (exact) mass is 1390 g/mol. The van der Waals surface area contributed by atoms with Crippen molar-refractivity contribution in [2.45, 2.75) is 102 Å². The molecule has 1 atom stereocenters. The molecule has 0 saturated carbocycles. The van der Waals surface area contributed by atoms with Gasteiger partial charge in [-0.2, -0.15) is 0 Å². The van der Waals surface area contributed by atoms with Gasteiger partial charge in [0.1, 0.15) is 17.2 Å². The summed E-state index contributed by atoms with van der Waals surface area (Å²) < 4.78 is 16.7. The number of fused-ring (bicyclic) bond motifs is 3. The predicted octanol–water partition coefficient (Wildman–Crippen LogP) is 11.2. The lowest BCUT2D eigenvalue weighted by Gasteiger charge is -2.35. The quantitative estimate of drug-likeness (QED) is 0.0549. The number of carbonyl (C=O) groups is 6. The second-order valence-corrected chi connectivity index (χ2v) is 28.1. The largest absolute Gasteiger partial charge is 0.482 e. The lowest BCUT2D eigenvalue weighted by atomic mass is 9.86. The van der Waals surface area contributed by atoms with Gasteiger partial charge in [0.25, 0.3) is 35.4 Å². The molecular formula is C84H102N10O9. The minimum Gasteiger partial charge on any atom is -0.482 e. The van der Waals surface area contributed by atoms with E-state index < -0.39 is 0 Å². The summed E-state index contributed by atoms with van der Waals surface area (Å²) in [6.45, 7) is 19.3. The Labute approximate surface area is 607 Å². The summed E-state index contributed by atoms with van der Waals surface area (Å²) in [6, 6.07) is 57.7. The van der Waals surface area contributed by atoms with Gasteiger partial charge in [0.05, 0.1) is 17.1 Å². The molecule has 0 aromatic heterocycles. The Balaban J connectivity index is 0.000000146. The highest BCUT2D eigenvalue weighted by atomic mass is 16.5. The maximum Gasteiger partial charge on any atom is 0.265 e. The smallest absolute Gasteiger partial charge is 0.265 e. The molecule has 3 N–H and O–H groups in total. The van der Waals surface area contributed by atoms with E-state index in [0.717, 1.165) is 192 Å². The van der Waals surface area contributed by atoms with Gasteiger partial charge in [0, 0.05) is 81.6 Å². The highest BCUT2D eigenvalue weighted by Gasteiger charge is 2.33. The minimum atomic E-state index is 0.00551. The van der Waals surface area contributed by atoms with Crippen molar-refractivity contribution in [1.82, 2.24) is 35.6 Å². The molecule has 7 aromatic rings. The van der Waals surface area contributed by atoms with Crippen LogP contribution >= 0.6 is 0 Å². The maximum absolute atomic E-state index is 13.2. The second kappa shape index (κ2) is 36.7. The zero-order valence-electron chi connectivity index (χ0n) is 60.1. The average Bonchev–Trinajstić information content (AvgIpc) is 0.878. The van der Waals surface area contributed by atoms with E-state index in [9.17, 15) is 28.8 Å². The van der Waals surface area contributed by atoms with E-state index in [1.165, 1.54) is 24.0 Å². The van der Waals surface area contributed by atoms with E-state index in [0.29, 0.717) is 50.5 Å². The fourth-order valence-electron chi connectivity index (χ4n) is 15.6. The van der Waals surface area contributed by atoms with E-state index >= 15 is 0 Å². The molecule has 4 saturated heterocycles. The van der Waals surface area contributed by atoms with E-state index in [-0.39, 0.29) is 61.3 Å². The molecule has 7 aliphatic rings. The number of piperidine rings is 3. The van der Waals surface area contributed by atoms with Crippen LogP contribution in [0.25, 0.3) is 0 Å². The van der Waals surface area contributed by atoms with Crippen LogP contribution in [0.3, 0.4) is 0 Å². The number of rotatable bonds is 23. The topological polar surface area (TPSA) is 189 Å². The van der Waals surface area contributed by atoms with Gasteiger partial charge >= 0.3 is 0 Å². The van der Waals surface area contributed by atoms with Gasteiger partial charge < -0.3 is 64.5 Å². The fourth-order valence-corrected chi connectivity index (χ4v) is 15.6. The zero-order chi connectivity index (χ0) is 71.3. The van der Waals surface area contributed by atoms with Crippen LogP contribution in [0.4, 0.5) is 17.1 Å². The van der Waals surface area contributed by atoms with Gasteiger partial charge in [-0.1, -0.05) is 128 Å². The van der Waals surface area contributed by atoms with Crippen LogP contribution in [-0.4, -0.2) is 192 Å². The second-order valence-electron chi connectivity index (χ2n) is 28.1. The Morgan fingerprint density at radius 2 is 0.718 bits per heavy atom. The number of nitrogens with one attached hydrogen (secondary N) is 3. The molecule has 19 nitrogen and oxygen atoms in total. The third-order valence-corrected chi connectivity index (χ3v) is 21.3. The van der Waals surface area contributed by atoms with Crippen molar-refractivity contribution in [1.29, 1.82) is 0 Å². The normalized spacial score (nSPS) is 17.9. The van der Waals surface area contributed by atoms with Crippen molar-refractivity contribution in [3.8, 4) is 17.2 Å². The van der Waals surface area contributed by atoms with Crippen LogP contribution in [-0.2, 0) is 20.8 Å². The summed E-state index contributed by atoms with van der Waals surface area (Å²) >= 11 is 0. The molecule has 0 aliphatic carbocycles. The van der Waals surface area contributed by atoms with Crippen LogP contribution in [0.5, 0.6) is 17.2 Å². The predicted molar refractivity (Wildman–Crippen MR) is 405 cm³/mol. The molecular weight excluding hydrogens is 1290 g/mol. The van der Waals surface area contributed by atoms with Crippen LogP contribution in [0, 0.1) is 0 Å². The summed E-state index contributed by atoms with van der Waals surface area (Å²) in [5.74, 6) is 3.59. The van der Waals surface area contributed by atoms with Gasteiger partial charge in [-0.3, -0.25) is 28.8 Å². The summed E-state index contributed by atoms with van der Waals surface area (Å²) in [4.78, 5) is 91.3. The van der Waals surface area contributed by atoms with Crippen molar-refractivity contribution >= 4 is 52.5 Å². The molecule has 4 fully saturated rings. The molecule has 0 bridgehead atoms. The number of para-hydroxylation sites is 6. The van der Waals surface area contributed by atoms with Crippen LogP contribution in [0.2, 0.25) is 0 Å². The third kappa shape index (κ3) is 19.5. The molecule has 19 heteroatoms. The third-order valence-electron chi connectivity index (χ3n) is 21.3. The van der Waals surface area contributed by atoms with Crippen LogP contribution < -0.4 is 44.9 Å². The van der Waals surface area contributed by atoms with Crippen molar-refractivity contribution in [2.24, 2.45) is 0 Å². The van der Waals surface area contributed by atoms with Crippen molar-refractivity contribution < 1.29 is 43.0 Å². The van der Waals surface area contributed by atoms with Gasteiger partial charge in [0.15, 0.2) is 19.8 Å². The summed E-state index contributed by atoms with van der Waals surface area (Å²) in [7, 11) is 0. The summed E-state index contributed by atoms with van der Waals surface area (Å²) in [5.41, 5.74) is 9.70. The minimum absolute atomic E-state index is 0.00551. The molecule has 7 aromatic carbocycles. The first kappa shape index (κ1) is 73.4. The Morgan fingerprint density at radius 3 is 1.11 bits per heavy atom. The molecule has 7 aliphatic heterocycles. The number of nitrogens with zero attached hydrogens (tertiary/aromatic N) is 7. The Bertz CT molecular complexity index is 3970. The maximum atomic E-state index is 13.2. The first-order valence-electron chi connectivity index (χ1n) is 37.6. The number of amides is 6. The molecule has 0 radical (unpaired) electrons. The van der Waals surface area contributed by atoms with E-state index in [1.54, 1.807) is 0 Å². The standard InChI is InChI=1S/C31H35N3O3.C28H36N4O3.C25H31N3O3/c1-23(21-24-9-3-2-4-10-24)32-31(36)27-12-6-5-11-26(27)25-15-17-33(18-16-25)19-20-34-28-13-7-8-14-29(28)37-22-30(34)35;33-27-21-35-26-10-4-3-9-25(26)32(27)20-19-31-16-11-22(12-17-31)23-7-1-2-8-24(23)28(34)29-13-18-30-14-5-6-15-30;1-2-13-26-25(30)21-8-4-3-7-20(21)19-11-14-27(15-12-19)16-17-28-22-9-5-6-10-23(22)31-18-24(28)29/h2-14,23,25H,15-22H2,1H3,(H,32,36);1-4,7-10,22H,5-6,11-21H2,(H,29,34);3-10,19H,2,11-18H2,1H3,(H,26,30). The van der Waals surface area contributed by atoms with Crippen LogP contribution in [0.15, 0.2) is 176 Å². The van der Waals surface area contributed by atoms with Gasteiger partial charge in [-0.05, 0) is 218 Å². The molecule has 542 valence electrons. The number of carbonyl (C=O) groups excluding carboxylic acids is 6. The van der Waals surface area contributed by atoms with Crippen molar-refractivity contribution in [3.05, 3.63) is 215 Å². The number of hydrogen-bond acceptors (Lipinski definition) is 13.